The third kappa shape index (κ3) is 8.46. The predicted molar refractivity (Wildman–Crippen MR) is 139 cm³/mol. The monoisotopic (exact) mass is 544 g/mol. The summed E-state index contributed by atoms with van der Waals surface area (Å²) in [6.45, 7) is 5.72. The summed E-state index contributed by atoms with van der Waals surface area (Å²) in [5, 5.41) is 0. The number of benzene rings is 3. The Kier molecular flexibility index (Phi) is 9.48. The SMILES string of the molecule is CCC1(COCCCCOc2ccc(C(=O)Oc3ccc(-c4ccc(OC(F)(F)F)cc4)cc3)cc2)COC1. The molecule has 0 unspecified atom stereocenters. The van der Waals surface area contributed by atoms with Crippen molar-refractivity contribution in [3.63, 3.8) is 0 Å². The van der Waals surface area contributed by atoms with Crippen LogP contribution in [0.3, 0.4) is 0 Å². The fourth-order valence-electron chi connectivity index (χ4n) is 3.98. The molecular formula is C30H31F3O6. The Bertz CT molecular complexity index is 1180. The predicted octanol–water partition coefficient (Wildman–Crippen LogP) is 7.07. The van der Waals surface area contributed by atoms with E-state index in [0.717, 1.165) is 44.6 Å². The van der Waals surface area contributed by atoms with Crippen LogP contribution in [-0.4, -0.2) is 45.4 Å². The smallest absolute Gasteiger partial charge is 0.494 e. The molecule has 0 bridgehead atoms. The summed E-state index contributed by atoms with van der Waals surface area (Å²) in [5.41, 5.74) is 2.03. The number of alkyl halides is 3. The topological polar surface area (TPSA) is 63.2 Å². The van der Waals surface area contributed by atoms with Gasteiger partial charge in [0, 0.05) is 12.0 Å². The third-order valence-corrected chi connectivity index (χ3v) is 6.50. The first-order chi connectivity index (χ1) is 18.8. The van der Waals surface area contributed by atoms with Gasteiger partial charge in [-0.25, -0.2) is 4.79 Å². The first kappa shape index (κ1) is 28.4. The van der Waals surface area contributed by atoms with Gasteiger partial charge >= 0.3 is 12.3 Å². The lowest BCUT2D eigenvalue weighted by Crippen LogP contribution is -2.45. The zero-order valence-corrected chi connectivity index (χ0v) is 21.7. The number of hydrogen-bond donors (Lipinski definition) is 0. The Labute approximate surface area is 225 Å². The van der Waals surface area contributed by atoms with E-state index in [9.17, 15) is 18.0 Å². The van der Waals surface area contributed by atoms with Crippen LogP contribution in [0.15, 0.2) is 72.8 Å². The maximum absolute atomic E-state index is 12.5. The third-order valence-electron chi connectivity index (χ3n) is 6.50. The van der Waals surface area contributed by atoms with E-state index in [1.54, 1.807) is 48.5 Å². The average Bonchev–Trinajstić information content (AvgIpc) is 2.90. The Morgan fingerprint density at radius 3 is 1.92 bits per heavy atom. The highest BCUT2D eigenvalue weighted by atomic mass is 19.4. The Morgan fingerprint density at radius 1 is 0.821 bits per heavy atom. The Morgan fingerprint density at radius 2 is 1.38 bits per heavy atom. The van der Waals surface area contributed by atoms with Gasteiger partial charge in [0.05, 0.1) is 32.0 Å². The van der Waals surface area contributed by atoms with Gasteiger partial charge in [0.2, 0.25) is 0 Å². The summed E-state index contributed by atoms with van der Waals surface area (Å²) in [4.78, 5) is 12.5. The molecule has 4 rings (SSSR count). The number of halogens is 3. The van der Waals surface area contributed by atoms with Gasteiger partial charge < -0.3 is 23.7 Å². The lowest BCUT2D eigenvalue weighted by Gasteiger charge is -2.40. The van der Waals surface area contributed by atoms with Crippen molar-refractivity contribution in [2.45, 2.75) is 32.5 Å². The molecule has 1 fully saturated rings. The van der Waals surface area contributed by atoms with Crippen LogP contribution in [0.5, 0.6) is 17.2 Å². The lowest BCUT2D eigenvalue weighted by atomic mass is 9.84. The molecule has 3 aromatic rings. The summed E-state index contributed by atoms with van der Waals surface area (Å²) < 4.78 is 63.2. The molecule has 9 heteroatoms. The molecular weight excluding hydrogens is 513 g/mol. The number of ether oxygens (including phenoxy) is 5. The summed E-state index contributed by atoms with van der Waals surface area (Å²) in [6, 6.07) is 18.9. The van der Waals surface area contributed by atoms with Crippen molar-refractivity contribution in [1.29, 1.82) is 0 Å². The van der Waals surface area contributed by atoms with Crippen molar-refractivity contribution in [2.75, 3.05) is 33.0 Å². The molecule has 0 atom stereocenters. The van der Waals surface area contributed by atoms with Gasteiger partial charge in [-0.05, 0) is 78.9 Å². The van der Waals surface area contributed by atoms with E-state index in [4.69, 9.17) is 18.9 Å². The molecule has 3 aromatic carbocycles. The maximum atomic E-state index is 12.5. The second-order valence-corrected chi connectivity index (χ2v) is 9.46. The number of carbonyl (C=O) groups is 1. The van der Waals surface area contributed by atoms with Crippen LogP contribution >= 0.6 is 0 Å². The number of unbranched alkanes of at least 4 members (excludes halogenated alkanes) is 1. The summed E-state index contributed by atoms with van der Waals surface area (Å²) >= 11 is 0. The molecule has 1 saturated heterocycles. The van der Waals surface area contributed by atoms with Crippen LogP contribution in [0.2, 0.25) is 0 Å². The second-order valence-electron chi connectivity index (χ2n) is 9.46. The van der Waals surface area contributed by atoms with Gasteiger partial charge in [-0.2, -0.15) is 0 Å². The van der Waals surface area contributed by atoms with Gasteiger partial charge in [-0.3, -0.25) is 0 Å². The highest BCUT2D eigenvalue weighted by Gasteiger charge is 2.36. The minimum absolute atomic E-state index is 0.205. The van der Waals surface area contributed by atoms with Crippen LogP contribution in [0.1, 0.15) is 36.5 Å². The lowest BCUT2D eigenvalue weighted by molar-refractivity contribution is -0.274. The van der Waals surface area contributed by atoms with Gasteiger partial charge in [0.1, 0.15) is 17.2 Å². The first-order valence-corrected chi connectivity index (χ1v) is 12.8. The van der Waals surface area contributed by atoms with E-state index in [1.807, 2.05) is 0 Å². The minimum atomic E-state index is -4.74. The molecule has 208 valence electrons. The minimum Gasteiger partial charge on any atom is -0.494 e. The Hall–Kier alpha value is -3.56. The van der Waals surface area contributed by atoms with Gasteiger partial charge in [-0.1, -0.05) is 31.2 Å². The first-order valence-electron chi connectivity index (χ1n) is 12.8. The summed E-state index contributed by atoms with van der Waals surface area (Å²) in [5.74, 6) is 0.207. The molecule has 0 aliphatic carbocycles. The second kappa shape index (κ2) is 13.0. The van der Waals surface area contributed by atoms with E-state index in [0.29, 0.717) is 35.8 Å². The molecule has 0 N–H and O–H groups in total. The normalized spacial score (nSPS) is 14.4. The average molecular weight is 545 g/mol. The van der Waals surface area contributed by atoms with Crippen molar-refractivity contribution in [1.82, 2.24) is 0 Å². The highest BCUT2D eigenvalue weighted by molar-refractivity contribution is 5.91. The van der Waals surface area contributed by atoms with Crippen LogP contribution in [0.25, 0.3) is 11.1 Å². The van der Waals surface area contributed by atoms with Crippen LogP contribution in [-0.2, 0) is 9.47 Å². The molecule has 1 aliphatic rings. The fraction of sp³-hybridized carbons (Fsp3) is 0.367. The number of rotatable bonds is 13. The van der Waals surface area contributed by atoms with E-state index >= 15 is 0 Å². The van der Waals surface area contributed by atoms with Crippen LogP contribution in [0, 0.1) is 5.41 Å². The molecule has 0 spiro atoms. The molecule has 0 radical (unpaired) electrons. The maximum Gasteiger partial charge on any atom is 0.573 e. The number of carbonyl (C=O) groups excluding carboxylic acids is 1. The molecule has 1 heterocycles. The number of hydrogen-bond acceptors (Lipinski definition) is 6. The van der Waals surface area contributed by atoms with Crippen molar-refractivity contribution in [3.05, 3.63) is 78.4 Å². The zero-order valence-electron chi connectivity index (χ0n) is 21.7. The van der Waals surface area contributed by atoms with Crippen LogP contribution < -0.4 is 14.2 Å². The molecule has 0 amide bonds. The molecule has 0 saturated carbocycles. The summed E-state index contributed by atoms with van der Waals surface area (Å²) in [6.07, 6.45) is -1.90. The molecule has 39 heavy (non-hydrogen) atoms. The van der Waals surface area contributed by atoms with E-state index < -0.39 is 12.3 Å². The molecule has 1 aliphatic heterocycles. The summed E-state index contributed by atoms with van der Waals surface area (Å²) in [7, 11) is 0. The van der Waals surface area contributed by atoms with E-state index in [-0.39, 0.29) is 11.2 Å². The largest absolute Gasteiger partial charge is 0.573 e. The Balaban J connectivity index is 1.17. The van der Waals surface area contributed by atoms with E-state index in [2.05, 4.69) is 11.7 Å². The molecule has 0 aromatic heterocycles. The van der Waals surface area contributed by atoms with Crippen molar-refractivity contribution >= 4 is 5.97 Å². The van der Waals surface area contributed by atoms with Gasteiger partial charge in [0.15, 0.2) is 0 Å². The quantitative estimate of drug-likeness (QED) is 0.130. The van der Waals surface area contributed by atoms with Crippen molar-refractivity contribution in [2.24, 2.45) is 5.41 Å². The van der Waals surface area contributed by atoms with E-state index in [1.165, 1.54) is 24.3 Å². The molecule has 6 nitrogen and oxygen atoms in total. The fourth-order valence-corrected chi connectivity index (χ4v) is 3.98. The highest BCUT2D eigenvalue weighted by Crippen LogP contribution is 2.31. The van der Waals surface area contributed by atoms with Crippen LogP contribution in [0.4, 0.5) is 13.2 Å². The van der Waals surface area contributed by atoms with Gasteiger partial charge in [-0.15, -0.1) is 13.2 Å². The van der Waals surface area contributed by atoms with Gasteiger partial charge in [0.25, 0.3) is 0 Å². The number of esters is 1. The standard InChI is InChI=1S/C30H31F3O6/c1-2-29(20-36-21-29)19-35-17-3-4-18-37-25-11-9-24(10-12-25)28(34)38-26-13-5-22(6-14-26)23-7-15-27(16-8-23)39-30(31,32)33/h5-16H,2-4,17-21H2,1H3. The zero-order chi connectivity index (χ0) is 27.7. The van der Waals surface area contributed by atoms with Crippen molar-refractivity contribution < 1.29 is 41.7 Å². The van der Waals surface area contributed by atoms with Crippen molar-refractivity contribution in [3.8, 4) is 28.4 Å².